The number of ether oxygens (including phenoxy) is 2. The van der Waals surface area contributed by atoms with E-state index >= 15 is 0 Å². The molecular formula is C15H17BrN2O3S. The zero-order valence-corrected chi connectivity index (χ0v) is 15.2. The molecule has 1 amide bonds. The number of likely N-dealkylation sites (N-methyl/N-ethyl adjacent to an activating group) is 1. The van der Waals surface area contributed by atoms with E-state index in [9.17, 15) is 4.79 Å². The van der Waals surface area contributed by atoms with Gasteiger partial charge < -0.3 is 9.47 Å². The Balaban J connectivity index is 2.42. The average Bonchev–Trinajstić information content (AvgIpc) is 2.75. The molecule has 0 aliphatic carbocycles. The van der Waals surface area contributed by atoms with Crippen LogP contribution < -0.4 is 9.47 Å². The number of thioether (sulfide) groups is 1. The summed E-state index contributed by atoms with van der Waals surface area (Å²) in [4.78, 5) is 18.4. The van der Waals surface area contributed by atoms with Gasteiger partial charge in [0.25, 0.3) is 5.91 Å². The molecule has 1 heterocycles. The molecule has 0 radical (unpaired) electrons. The standard InChI is InChI=1S/C15H17BrN2O3S/c1-5-21-11-7-9(6-10(16)13(11)20-4)8-12-14(19)18(3)15(17-2)22-12/h6-8H,5H2,1-4H3/b12-8+,17-15?. The van der Waals surface area contributed by atoms with Gasteiger partial charge in [-0.15, -0.1) is 0 Å². The monoisotopic (exact) mass is 384 g/mol. The van der Waals surface area contributed by atoms with E-state index in [-0.39, 0.29) is 5.91 Å². The highest BCUT2D eigenvalue weighted by Crippen LogP contribution is 2.38. The average molecular weight is 385 g/mol. The maximum atomic E-state index is 12.2. The minimum atomic E-state index is -0.0597. The molecule has 2 rings (SSSR count). The molecule has 5 nitrogen and oxygen atoms in total. The van der Waals surface area contributed by atoms with Crippen LogP contribution >= 0.6 is 27.7 Å². The molecule has 0 atom stereocenters. The van der Waals surface area contributed by atoms with Crippen molar-refractivity contribution >= 4 is 44.8 Å². The molecule has 1 aliphatic rings. The summed E-state index contributed by atoms with van der Waals surface area (Å²) in [7, 11) is 4.98. The summed E-state index contributed by atoms with van der Waals surface area (Å²) in [5.74, 6) is 1.22. The van der Waals surface area contributed by atoms with Crippen molar-refractivity contribution in [3.8, 4) is 11.5 Å². The molecule has 1 aromatic rings. The van der Waals surface area contributed by atoms with Crippen molar-refractivity contribution < 1.29 is 14.3 Å². The first-order chi connectivity index (χ1) is 10.5. The van der Waals surface area contributed by atoms with Crippen molar-refractivity contribution in [2.75, 3.05) is 27.8 Å². The van der Waals surface area contributed by atoms with Crippen LogP contribution in [-0.4, -0.2) is 43.8 Å². The second-order valence-corrected chi connectivity index (χ2v) is 6.31. The van der Waals surface area contributed by atoms with Crippen molar-refractivity contribution in [2.45, 2.75) is 6.92 Å². The number of halogens is 1. The Labute approximate surface area is 142 Å². The zero-order chi connectivity index (χ0) is 16.3. The summed E-state index contributed by atoms with van der Waals surface area (Å²) in [6.45, 7) is 2.44. The molecule has 7 heteroatoms. The summed E-state index contributed by atoms with van der Waals surface area (Å²) in [5.41, 5.74) is 0.859. The van der Waals surface area contributed by atoms with Crippen LogP contribution in [0.15, 0.2) is 26.5 Å². The first kappa shape index (κ1) is 16.9. The van der Waals surface area contributed by atoms with E-state index in [1.165, 1.54) is 11.8 Å². The normalized spacial score (nSPS) is 18.4. The third-order valence-corrected chi connectivity index (χ3v) is 4.77. The number of benzene rings is 1. The minimum Gasteiger partial charge on any atom is -0.492 e. The van der Waals surface area contributed by atoms with Crippen LogP contribution in [0.1, 0.15) is 12.5 Å². The highest BCUT2D eigenvalue weighted by molar-refractivity contribution is 9.10. The highest BCUT2D eigenvalue weighted by Gasteiger charge is 2.29. The van der Waals surface area contributed by atoms with Gasteiger partial charge in [-0.1, -0.05) is 0 Å². The van der Waals surface area contributed by atoms with Crippen LogP contribution in [0.25, 0.3) is 6.08 Å². The summed E-state index contributed by atoms with van der Waals surface area (Å²) < 4.78 is 11.7. The molecule has 0 spiro atoms. The summed E-state index contributed by atoms with van der Waals surface area (Å²) in [6, 6.07) is 3.75. The molecule has 1 aromatic carbocycles. The predicted octanol–water partition coefficient (Wildman–Crippen LogP) is 3.39. The first-order valence-electron chi connectivity index (χ1n) is 6.66. The van der Waals surface area contributed by atoms with Crippen LogP contribution in [0.4, 0.5) is 0 Å². The molecule has 0 unspecified atom stereocenters. The third-order valence-electron chi connectivity index (χ3n) is 3.03. The van der Waals surface area contributed by atoms with Gasteiger partial charge in [-0.05, 0) is 58.4 Å². The smallest absolute Gasteiger partial charge is 0.266 e. The van der Waals surface area contributed by atoms with E-state index in [1.54, 1.807) is 26.1 Å². The number of rotatable bonds is 4. The molecule has 1 aliphatic heterocycles. The van der Waals surface area contributed by atoms with E-state index in [0.29, 0.717) is 28.2 Å². The minimum absolute atomic E-state index is 0.0597. The van der Waals surface area contributed by atoms with Crippen LogP contribution in [0, 0.1) is 0 Å². The number of methoxy groups -OCH3 is 1. The Kier molecular flexibility index (Phi) is 5.52. The van der Waals surface area contributed by atoms with E-state index < -0.39 is 0 Å². The van der Waals surface area contributed by atoms with Gasteiger partial charge in [0.05, 0.1) is 23.1 Å². The van der Waals surface area contributed by atoms with E-state index in [2.05, 4.69) is 20.9 Å². The number of nitrogens with zero attached hydrogens (tertiary/aromatic N) is 2. The van der Waals surface area contributed by atoms with Gasteiger partial charge in [0.2, 0.25) is 0 Å². The van der Waals surface area contributed by atoms with Gasteiger partial charge in [0.1, 0.15) is 0 Å². The second-order valence-electron chi connectivity index (χ2n) is 4.45. The number of carbonyl (C=O) groups excluding carboxylic acids is 1. The largest absolute Gasteiger partial charge is 0.492 e. The lowest BCUT2D eigenvalue weighted by molar-refractivity contribution is -0.121. The molecule has 118 valence electrons. The van der Waals surface area contributed by atoms with Crippen LogP contribution in [0.5, 0.6) is 11.5 Å². The quantitative estimate of drug-likeness (QED) is 0.746. The lowest BCUT2D eigenvalue weighted by Crippen LogP contribution is -2.23. The van der Waals surface area contributed by atoms with Gasteiger partial charge in [-0.3, -0.25) is 14.7 Å². The van der Waals surface area contributed by atoms with Gasteiger partial charge in [-0.25, -0.2) is 0 Å². The third kappa shape index (κ3) is 3.30. The maximum Gasteiger partial charge on any atom is 0.266 e. The Morgan fingerprint density at radius 1 is 1.45 bits per heavy atom. The van der Waals surface area contributed by atoms with Crippen molar-refractivity contribution in [1.29, 1.82) is 0 Å². The van der Waals surface area contributed by atoms with Gasteiger partial charge in [0, 0.05) is 14.1 Å². The van der Waals surface area contributed by atoms with Crippen LogP contribution in [-0.2, 0) is 4.79 Å². The fourth-order valence-electron chi connectivity index (χ4n) is 2.03. The van der Waals surface area contributed by atoms with Crippen molar-refractivity contribution in [3.05, 3.63) is 27.1 Å². The molecule has 22 heavy (non-hydrogen) atoms. The number of carbonyl (C=O) groups is 1. The van der Waals surface area contributed by atoms with Gasteiger partial charge in [-0.2, -0.15) is 0 Å². The first-order valence-corrected chi connectivity index (χ1v) is 8.27. The molecule has 0 N–H and O–H groups in total. The van der Waals surface area contributed by atoms with E-state index in [0.717, 1.165) is 10.0 Å². The molecule has 1 fully saturated rings. The number of amidine groups is 1. The Morgan fingerprint density at radius 2 is 2.18 bits per heavy atom. The predicted molar refractivity (Wildman–Crippen MR) is 93.6 cm³/mol. The SMILES string of the molecule is CCOc1cc(/C=C2/SC(=NC)N(C)C2=O)cc(Br)c1OC. The van der Waals surface area contributed by atoms with E-state index in [1.807, 2.05) is 25.1 Å². The van der Waals surface area contributed by atoms with Gasteiger partial charge >= 0.3 is 0 Å². The van der Waals surface area contributed by atoms with Crippen molar-refractivity contribution in [2.24, 2.45) is 4.99 Å². The fraction of sp³-hybridized carbons (Fsp3) is 0.333. The molecule has 0 saturated carbocycles. The molecular weight excluding hydrogens is 368 g/mol. The molecule has 0 bridgehead atoms. The maximum absolute atomic E-state index is 12.2. The number of hydrogen-bond acceptors (Lipinski definition) is 5. The number of amides is 1. The summed E-state index contributed by atoms with van der Waals surface area (Å²) in [5, 5.41) is 0.689. The van der Waals surface area contributed by atoms with E-state index in [4.69, 9.17) is 9.47 Å². The fourth-order valence-corrected chi connectivity index (χ4v) is 3.58. The number of hydrogen-bond donors (Lipinski definition) is 0. The van der Waals surface area contributed by atoms with Crippen LogP contribution in [0.3, 0.4) is 0 Å². The lowest BCUT2D eigenvalue weighted by atomic mass is 10.2. The van der Waals surface area contributed by atoms with Crippen molar-refractivity contribution in [3.63, 3.8) is 0 Å². The Hall–Kier alpha value is -1.47. The topological polar surface area (TPSA) is 51.1 Å². The lowest BCUT2D eigenvalue weighted by Gasteiger charge is -2.12. The highest BCUT2D eigenvalue weighted by atomic mass is 79.9. The number of aliphatic imine (C=N–C) groups is 1. The van der Waals surface area contributed by atoms with Gasteiger partial charge in [0.15, 0.2) is 16.7 Å². The summed E-state index contributed by atoms with van der Waals surface area (Å²) in [6.07, 6.45) is 1.83. The Bertz CT molecular complexity index is 658. The summed E-state index contributed by atoms with van der Waals surface area (Å²) >= 11 is 4.83. The zero-order valence-electron chi connectivity index (χ0n) is 12.8. The molecule has 1 saturated heterocycles. The second kappa shape index (κ2) is 7.19. The van der Waals surface area contributed by atoms with Crippen molar-refractivity contribution in [1.82, 2.24) is 4.90 Å². The Morgan fingerprint density at radius 3 is 2.73 bits per heavy atom. The molecule has 0 aromatic heterocycles. The van der Waals surface area contributed by atoms with Crippen LogP contribution in [0.2, 0.25) is 0 Å².